The molecule has 0 bridgehead atoms. The molecule has 0 unspecified atom stereocenters. The molecule has 0 heterocycles. The van der Waals surface area contributed by atoms with E-state index < -0.39 is 0 Å². The van der Waals surface area contributed by atoms with Gasteiger partial charge in [-0.3, -0.25) is 0 Å². The first-order valence-corrected chi connectivity index (χ1v) is 18.7. The third kappa shape index (κ3) is 7.25. The second-order valence-electron chi connectivity index (χ2n) is 8.51. The molecule has 0 aliphatic carbocycles. The Bertz CT molecular complexity index is 675. The summed E-state index contributed by atoms with van der Waals surface area (Å²) in [6.07, 6.45) is 4.94. The van der Waals surface area contributed by atoms with Crippen LogP contribution in [-0.4, -0.2) is 34.1 Å². The summed E-state index contributed by atoms with van der Waals surface area (Å²) in [4.78, 5) is 0. The number of benzene rings is 2. The van der Waals surface area contributed by atoms with E-state index in [0.717, 1.165) is 0 Å². The SMILES string of the molecule is CC(C)(C)/C(=C/c1ccccc1)[Te][Te]/C(=C\c1ccccc1)C(C)(C)C. The van der Waals surface area contributed by atoms with Gasteiger partial charge in [-0.15, -0.1) is 0 Å². The van der Waals surface area contributed by atoms with Gasteiger partial charge < -0.3 is 0 Å². The zero-order chi connectivity index (χ0) is 19.2. The van der Waals surface area contributed by atoms with Crippen LogP contribution in [0.1, 0.15) is 52.7 Å². The molecule has 0 radical (unpaired) electrons. The summed E-state index contributed by atoms with van der Waals surface area (Å²) in [5, 5.41) is 0. The van der Waals surface area contributed by atoms with E-state index in [9.17, 15) is 0 Å². The summed E-state index contributed by atoms with van der Waals surface area (Å²) in [7, 11) is 0. The van der Waals surface area contributed by atoms with Gasteiger partial charge in [0.2, 0.25) is 0 Å². The van der Waals surface area contributed by atoms with E-state index in [-0.39, 0.29) is 44.9 Å². The average molecular weight is 574 g/mol. The van der Waals surface area contributed by atoms with Gasteiger partial charge in [0, 0.05) is 0 Å². The molecule has 0 nitrogen and oxygen atoms in total. The van der Waals surface area contributed by atoms with Crippen LogP contribution in [-0.2, 0) is 0 Å². The Morgan fingerprint density at radius 2 is 0.885 bits per heavy atom. The molecule has 0 aliphatic heterocycles. The van der Waals surface area contributed by atoms with Crippen molar-refractivity contribution in [1.29, 1.82) is 0 Å². The predicted molar refractivity (Wildman–Crippen MR) is 119 cm³/mol. The van der Waals surface area contributed by atoms with Crippen molar-refractivity contribution in [3.8, 4) is 0 Å². The molecule has 2 aromatic carbocycles. The van der Waals surface area contributed by atoms with Crippen molar-refractivity contribution in [1.82, 2.24) is 0 Å². The van der Waals surface area contributed by atoms with Crippen LogP contribution in [0.25, 0.3) is 12.2 Å². The Morgan fingerprint density at radius 1 is 0.577 bits per heavy atom. The van der Waals surface area contributed by atoms with Crippen molar-refractivity contribution < 1.29 is 0 Å². The third-order valence-electron chi connectivity index (χ3n) is 3.89. The first kappa shape index (κ1) is 21.8. The second-order valence-corrected chi connectivity index (χ2v) is 18.3. The molecule has 0 saturated carbocycles. The van der Waals surface area contributed by atoms with E-state index in [1.54, 1.807) is 7.24 Å². The van der Waals surface area contributed by atoms with Gasteiger partial charge >= 0.3 is 178 Å². The summed E-state index contributed by atoms with van der Waals surface area (Å²) >= 11 is -0.299. The van der Waals surface area contributed by atoms with Gasteiger partial charge in [0.1, 0.15) is 0 Å². The number of allylic oxidation sites excluding steroid dienone is 2. The molecular weight excluding hydrogens is 543 g/mol. The maximum atomic E-state index is 2.47. The molecule has 26 heavy (non-hydrogen) atoms. The van der Waals surface area contributed by atoms with E-state index in [1.807, 2.05) is 0 Å². The van der Waals surface area contributed by atoms with Crippen LogP contribution < -0.4 is 0 Å². The standard InChI is InChI=1S/C24H30Te2/c1-23(2,3)21(17-19-13-9-7-10-14-19)25-26-22(24(4,5)6)18-20-15-11-8-12-16-20/h7-18H,1-6H3/b21-17-,22-18-. The number of hydrogen-bond donors (Lipinski definition) is 0. The van der Waals surface area contributed by atoms with Gasteiger partial charge in [0.25, 0.3) is 0 Å². The Kier molecular flexibility index (Phi) is 8.07. The van der Waals surface area contributed by atoms with E-state index in [0.29, 0.717) is 0 Å². The monoisotopic (exact) mass is 578 g/mol. The van der Waals surface area contributed by atoms with Crippen LogP contribution in [0.15, 0.2) is 67.9 Å². The Hall–Kier alpha value is -0.501. The predicted octanol–water partition coefficient (Wildman–Crippen LogP) is 6.48. The van der Waals surface area contributed by atoms with Gasteiger partial charge in [0.05, 0.1) is 0 Å². The van der Waals surface area contributed by atoms with Crippen molar-refractivity contribution in [3.05, 3.63) is 79.0 Å². The summed E-state index contributed by atoms with van der Waals surface area (Å²) in [5.41, 5.74) is 3.22. The van der Waals surface area contributed by atoms with E-state index in [2.05, 4.69) is 114 Å². The van der Waals surface area contributed by atoms with E-state index in [1.165, 1.54) is 11.1 Å². The fourth-order valence-corrected chi connectivity index (χ4v) is 20.1. The molecule has 0 spiro atoms. The molecule has 0 saturated heterocycles. The van der Waals surface area contributed by atoms with Crippen LogP contribution in [0.3, 0.4) is 0 Å². The number of rotatable bonds is 5. The fourth-order valence-electron chi connectivity index (χ4n) is 2.22. The van der Waals surface area contributed by atoms with Crippen LogP contribution in [0.4, 0.5) is 0 Å². The first-order valence-electron chi connectivity index (χ1n) is 9.05. The maximum absolute atomic E-state index is 2.47. The van der Waals surface area contributed by atoms with Gasteiger partial charge in [-0.2, -0.15) is 0 Å². The Balaban J connectivity index is 2.27. The van der Waals surface area contributed by atoms with Gasteiger partial charge in [-0.05, 0) is 0 Å². The third-order valence-corrected chi connectivity index (χ3v) is 17.8. The zero-order valence-corrected chi connectivity index (χ0v) is 21.4. The topological polar surface area (TPSA) is 0 Å². The molecular formula is C24H30Te2. The van der Waals surface area contributed by atoms with Crippen LogP contribution in [0.2, 0.25) is 0 Å². The van der Waals surface area contributed by atoms with Gasteiger partial charge in [-0.1, -0.05) is 0 Å². The Labute approximate surface area is 176 Å². The summed E-state index contributed by atoms with van der Waals surface area (Å²) in [5.74, 6) is 0. The van der Waals surface area contributed by atoms with Crippen LogP contribution >= 0.6 is 0 Å². The molecule has 2 heteroatoms. The van der Waals surface area contributed by atoms with Crippen LogP contribution in [0, 0.1) is 10.8 Å². The summed E-state index contributed by atoms with van der Waals surface area (Å²) in [6.45, 7) is 14.2. The normalized spacial score (nSPS) is 13.8. The molecule has 0 aliphatic rings. The van der Waals surface area contributed by atoms with E-state index in [4.69, 9.17) is 0 Å². The quantitative estimate of drug-likeness (QED) is 0.359. The van der Waals surface area contributed by atoms with Crippen molar-refractivity contribution in [2.45, 2.75) is 41.5 Å². The minimum absolute atomic E-state index is 0.149. The number of hydrogen-bond acceptors (Lipinski definition) is 0. The Morgan fingerprint density at radius 3 is 1.15 bits per heavy atom. The minimum atomic E-state index is -0.149. The second kappa shape index (κ2) is 9.62. The molecule has 0 aromatic heterocycles. The van der Waals surface area contributed by atoms with Crippen molar-refractivity contribution in [3.63, 3.8) is 0 Å². The van der Waals surface area contributed by atoms with Crippen molar-refractivity contribution in [2.24, 2.45) is 10.8 Å². The molecule has 0 fully saturated rings. The zero-order valence-electron chi connectivity index (χ0n) is 16.7. The van der Waals surface area contributed by atoms with E-state index >= 15 is 0 Å². The molecule has 138 valence electrons. The van der Waals surface area contributed by atoms with Crippen molar-refractivity contribution >= 4 is 46.3 Å². The molecule has 0 atom stereocenters. The molecule has 2 rings (SSSR count). The summed E-state index contributed by atoms with van der Waals surface area (Å²) < 4.78 is 3.39. The average Bonchev–Trinajstić information content (AvgIpc) is 2.57. The van der Waals surface area contributed by atoms with Crippen LogP contribution in [0.5, 0.6) is 0 Å². The molecule has 0 N–H and O–H groups in total. The molecule has 0 amide bonds. The first-order chi connectivity index (χ1) is 12.2. The van der Waals surface area contributed by atoms with Gasteiger partial charge in [0.15, 0.2) is 0 Å². The summed E-state index contributed by atoms with van der Waals surface area (Å²) in [6, 6.07) is 21.6. The molecule has 2 aromatic rings. The fraction of sp³-hybridized carbons (Fsp3) is 0.333. The van der Waals surface area contributed by atoms with Crippen molar-refractivity contribution in [2.75, 3.05) is 0 Å². The van der Waals surface area contributed by atoms with Gasteiger partial charge in [-0.25, -0.2) is 0 Å².